The number of nitrogens with zero attached hydrogens (tertiary/aromatic N) is 1. The van der Waals surface area contributed by atoms with E-state index in [-0.39, 0.29) is 18.6 Å². The van der Waals surface area contributed by atoms with Gasteiger partial charge in [0.15, 0.2) is 0 Å². The van der Waals surface area contributed by atoms with Crippen LogP contribution in [0.4, 0.5) is 18.0 Å². The van der Waals surface area contributed by atoms with Gasteiger partial charge in [0.05, 0.1) is 5.56 Å². The first-order chi connectivity index (χ1) is 9.36. The van der Waals surface area contributed by atoms with Gasteiger partial charge in [0.1, 0.15) is 0 Å². The molecule has 0 saturated carbocycles. The van der Waals surface area contributed by atoms with Gasteiger partial charge in [0.25, 0.3) is 0 Å². The maximum atomic E-state index is 12.4. The smallest absolute Gasteiger partial charge is 0.334 e. The summed E-state index contributed by atoms with van der Waals surface area (Å²) in [5, 5.41) is 2.67. The lowest BCUT2D eigenvalue weighted by molar-refractivity contribution is -0.137. The standard InChI is InChI=1S/C13H16F3N3O/c14-13(15,16)10-3-1-9(2-4-10)7-18-12(20)19-6-5-11(17)8-19/h1-4,11H,5-8,17H2,(H,18,20). The predicted octanol–water partition coefficient (Wildman–Crippen LogP) is 1.95. The van der Waals surface area contributed by atoms with Crippen LogP contribution >= 0.6 is 0 Å². The molecule has 0 aromatic heterocycles. The number of urea groups is 1. The number of hydrogen-bond donors (Lipinski definition) is 2. The van der Waals surface area contributed by atoms with Crippen molar-refractivity contribution in [2.45, 2.75) is 25.2 Å². The molecule has 1 heterocycles. The quantitative estimate of drug-likeness (QED) is 0.873. The summed E-state index contributed by atoms with van der Waals surface area (Å²) in [6.45, 7) is 1.32. The van der Waals surface area contributed by atoms with Crippen LogP contribution in [0.25, 0.3) is 0 Å². The number of halogens is 3. The van der Waals surface area contributed by atoms with Crippen molar-refractivity contribution in [3.8, 4) is 0 Å². The molecule has 1 aromatic rings. The molecular weight excluding hydrogens is 271 g/mol. The maximum absolute atomic E-state index is 12.4. The molecule has 0 aliphatic carbocycles. The van der Waals surface area contributed by atoms with Crippen LogP contribution in [0, 0.1) is 0 Å². The Labute approximate surface area is 114 Å². The Morgan fingerprint density at radius 3 is 2.50 bits per heavy atom. The minimum atomic E-state index is -4.34. The van der Waals surface area contributed by atoms with Gasteiger partial charge in [-0.15, -0.1) is 0 Å². The second-order valence-electron chi connectivity index (χ2n) is 4.85. The third-order valence-electron chi connectivity index (χ3n) is 3.24. The summed E-state index contributed by atoms with van der Waals surface area (Å²) in [6.07, 6.45) is -3.57. The van der Waals surface area contributed by atoms with Crippen LogP contribution in [0.15, 0.2) is 24.3 Å². The Hall–Kier alpha value is -1.76. The third-order valence-corrected chi connectivity index (χ3v) is 3.24. The molecule has 2 rings (SSSR count). The van der Waals surface area contributed by atoms with Crippen molar-refractivity contribution >= 4 is 6.03 Å². The highest BCUT2D eigenvalue weighted by molar-refractivity contribution is 5.74. The van der Waals surface area contributed by atoms with Gasteiger partial charge in [-0.3, -0.25) is 0 Å². The van der Waals surface area contributed by atoms with Crippen LogP contribution in [0.5, 0.6) is 0 Å². The van der Waals surface area contributed by atoms with E-state index in [0.717, 1.165) is 18.6 Å². The zero-order chi connectivity index (χ0) is 14.8. The van der Waals surface area contributed by atoms with Crippen molar-refractivity contribution in [1.82, 2.24) is 10.2 Å². The average Bonchev–Trinajstić information content (AvgIpc) is 2.82. The number of amides is 2. The zero-order valence-electron chi connectivity index (χ0n) is 10.8. The summed E-state index contributed by atoms with van der Waals surface area (Å²) < 4.78 is 37.2. The van der Waals surface area contributed by atoms with Gasteiger partial charge in [-0.2, -0.15) is 13.2 Å². The topological polar surface area (TPSA) is 58.4 Å². The Bertz CT molecular complexity index is 473. The zero-order valence-corrected chi connectivity index (χ0v) is 10.8. The Kier molecular flexibility index (Phi) is 4.17. The molecule has 20 heavy (non-hydrogen) atoms. The highest BCUT2D eigenvalue weighted by atomic mass is 19.4. The number of benzene rings is 1. The minimum absolute atomic E-state index is 0.00631. The lowest BCUT2D eigenvalue weighted by Gasteiger charge is -2.16. The van der Waals surface area contributed by atoms with Crippen LogP contribution in [0.1, 0.15) is 17.5 Å². The number of nitrogens with two attached hydrogens (primary N) is 1. The van der Waals surface area contributed by atoms with Crippen LogP contribution in [0.3, 0.4) is 0 Å². The van der Waals surface area contributed by atoms with Crippen LogP contribution < -0.4 is 11.1 Å². The molecule has 0 spiro atoms. The molecule has 7 heteroatoms. The molecule has 1 aromatic carbocycles. The van der Waals surface area contributed by atoms with Gasteiger partial charge in [-0.25, -0.2) is 4.79 Å². The van der Waals surface area contributed by atoms with E-state index in [1.807, 2.05) is 0 Å². The predicted molar refractivity (Wildman–Crippen MR) is 67.8 cm³/mol. The number of hydrogen-bond acceptors (Lipinski definition) is 2. The summed E-state index contributed by atoms with van der Waals surface area (Å²) >= 11 is 0. The fourth-order valence-electron chi connectivity index (χ4n) is 2.07. The highest BCUT2D eigenvalue weighted by Crippen LogP contribution is 2.29. The summed E-state index contributed by atoms with van der Waals surface area (Å²) in [6, 6.07) is 4.50. The van der Waals surface area contributed by atoms with Gasteiger partial charge >= 0.3 is 12.2 Å². The molecule has 1 aliphatic rings. The Balaban J connectivity index is 1.86. The van der Waals surface area contributed by atoms with Crippen LogP contribution in [-0.2, 0) is 12.7 Å². The molecule has 4 nitrogen and oxygen atoms in total. The lowest BCUT2D eigenvalue weighted by atomic mass is 10.1. The molecule has 2 amide bonds. The van der Waals surface area contributed by atoms with E-state index in [9.17, 15) is 18.0 Å². The van der Waals surface area contributed by atoms with E-state index in [2.05, 4.69) is 5.32 Å². The summed E-state index contributed by atoms with van der Waals surface area (Å²) in [7, 11) is 0. The molecule has 1 unspecified atom stereocenters. The first-order valence-electron chi connectivity index (χ1n) is 6.31. The van der Waals surface area contributed by atoms with E-state index >= 15 is 0 Å². The molecule has 1 saturated heterocycles. The van der Waals surface area contributed by atoms with E-state index in [1.54, 1.807) is 4.90 Å². The number of nitrogens with one attached hydrogen (secondary N) is 1. The van der Waals surface area contributed by atoms with Gasteiger partial charge in [0.2, 0.25) is 0 Å². The second kappa shape index (κ2) is 5.70. The van der Waals surface area contributed by atoms with Crippen molar-refractivity contribution < 1.29 is 18.0 Å². The van der Waals surface area contributed by atoms with Crippen molar-refractivity contribution in [2.24, 2.45) is 5.73 Å². The fraction of sp³-hybridized carbons (Fsp3) is 0.462. The van der Waals surface area contributed by atoms with Crippen LogP contribution in [-0.4, -0.2) is 30.1 Å². The van der Waals surface area contributed by atoms with E-state index in [0.29, 0.717) is 18.7 Å². The van der Waals surface area contributed by atoms with E-state index in [4.69, 9.17) is 5.73 Å². The summed E-state index contributed by atoms with van der Waals surface area (Å²) in [5.41, 5.74) is 5.62. The molecule has 3 N–H and O–H groups in total. The summed E-state index contributed by atoms with van der Waals surface area (Å²) in [4.78, 5) is 13.4. The van der Waals surface area contributed by atoms with Crippen LogP contribution in [0.2, 0.25) is 0 Å². The SMILES string of the molecule is NC1CCN(C(=O)NCc2ccc(C(F)(F)F)cc2)C1. The number of likely N-dealkylation sites (tertiary alicyclic amines) is 1. The molecule has 1 atom stereocenters. The van der Waals surface area contributed by atoms with Gasteiger partial charge in [-0.05, 0) is 24.1 Å². The first-order valence-corrected chi connectivity index (χ1v) is 6.31. The Morgan fingerprint density at radius 2 is 2.00 bits per heavy atom. The number of rotatable bonds is 2. The normalized spacial score (nSPS) is 19.2. The van der Waals surface area contributed by atoms with Gasteiger partial charge < -0.3 is 16.0 Å². The van der Waals surface area contributed by atoms with Crippen molar-refractivity contribution in [3.05, 3.63) is 35.4 Å². The monoisotopic (exact) mass is 287 g/mol. The molecule has 1 aliphatic heterocycles. The Morgan fingerprint density at radius 1 is 1.35 bits per heavy atom. The van der Waals surface area contributed by atoms with Crippen molar-refractivity contribution in [1.29, 1.82) is 0 Å². The third kappa shape index (κ3) is 3.63. The van der Waals surface area contributed by atoms with Crippen molar-refractivity contribution in [2.75, 3.05) is 13.1 Å². The fourth-order valence-corrected chi connectivity index (χ4v) is 2.07. The molecule has 1 fully saturated rings. The van der Waals surface area contributed by atoms with Gasteiger partial charge in [-0.1, -0.05) is 12.1 Å². The number of alkyl halides is 3. The van der Waals surface area contributed by atoms with Crippen molar-refractivity contribution in [3.63, 3.8) is 0 Å². The minimum Gasteiger partial charge on any atom is -0.334 e. The molecule has 0 bridgehead atoms. The van der Waals surface area contributed by atoms with E-state index < -0.39 is 11.7 Å². The largest absolute Gasteiger partial charge is 0.416 e. The lowest BCUT2D eigenvalue weighted by Crippen LogP contribution is -2.39. The molecular formula is C13H16F3N3O. The maximum Gasteiger partial charge on any atom is 0.416 e. The van der Waals surface area contributed by atoms with E-state index in [1.165, 1.54) is 12.1 Å². The second-order valence-corrected chi connectivity index (χ2v) is 4.85. The first kappa shape index (κ1) is 14.6. The number of carbonyl (C=O) groups excluding carboxylic acids is 1. The molecule has 0 radical (unpaired) electrons. The average molecular weight is 287 g/mol. The highest BCUT2D eigenvalue weighted by Gasteiger charge is 2.30. The molecule has 110 valence electrons. The summed E-state index contributed by atoms with van der Waals surface area (Å²) in [5.74, 6) is 0. The van der Waals surface area contributed by atoms with Gasteiger partial charge in [0, 0.05) is 25.7 Å². The number of carbonyl (C=O) groups is 1.